The molecule has 3 aromatic carbocycles. The summed E-state index contributed by atoms with van der Waals surface area (Å²) in [5.74, 6) is 0.314. The van der Waals surface area contributed by atoms with Gasteiger partial charge in [0.2, 0.25) is 5.91 Å². The number of aryl methyl sites for hydroxylation is 1. The minimum atomic E-state index is -0.0399. The second-order valence-electron chi connectivity index (χ2n) is 5.52. The number of fused-ring (bicyclic) bond motifs is 1. The molecule has 0 aromatic heterocycles. The Bertz CT molecular complexity index is 963. The van der Waals surface area contributed by atoms with E-state index in [1.165, 1.54) is 22.5 Å². The van der Waals surface area contributed by atoms with Gasteiger partial charge in [0.05, 0.1) is 5.75 Å². The lowest BCUT2D eigenvalue weighted by molar-refractivity contribution is -0.113. The van der Waals surface area contributed by atoms with Gasteiger partial charge in [-0.15, -0.1) is 11.8 Å². The molecule has 5 heteroatoms. The molecule has 0 spiro atoms. The number of hydrogen-bond acceptors (Lipinski definition) is 4. The first-order valence-corrected chi connectivity index (χ1v) is 9.54. The van der Waals surface area contributed by atoms with Crippen molar-refractivity contribution in [2.75, 3.05) is 11.1 Å². The Morgan fingerprint density at radius 1 is 1.04 bits per heavy atom. The minimum Gasteiger partial charge on any atom is -0.325 e. The molecule has 0 atom stereocenters. The fourth-order valence-corrected chi connectivity index (χ4v) is 3.71. The summed E-state index contributed by atoms with van der Waals surface area (Å²) in [4.78, 5) is 14.2. The number of thiocyanates is 1. The predicted octanol–water partition coefficient (Wildman–Crippen LogP) is 5.45. The molecular weight excluding hydrogens is 348 g/mol. The Kier molecular flexibility index (Phi) is 5.64. The first kappa shape index (κ1) is 17.4. The number of nitrogens with zero attached hydrogens (tertiary/aromatic N) is 1. The van der Waals surface area contributed by atoms with Gasteiger partial charge in [0.15, 0.2) is 0 Å². The van der Waals surface area contributed by atoms with Crippen LogP contribution in [-0.4, -0.2) is 11.7 Å². The molecule has 3 nitrogen and oxygen atoms in total. The van der Waals surface area contributed by atoms with Gasteiger partial charge in [-0.3, -0.25) is 4.79 Å². The Morgan fingerprint density at radius 3 is 2.56 bits per heavy atom. The fraction of sp³-hybridized carbons (Fsp3) is 0.100. The molecule has 124 valence electrons. The highest BCUT2D eigenvalue weighted by Crippen LogP contribution is 2.25. The Labute approximate surface area is 155 Å². The van der Waals surface area contributed by atoms with Gasteiger partial charge in [0.25, 0.3) is 0 Å². The van der Waals surface area contributed by atoms with Crippen molar-refractivity contribution in [2.24, 2.45) is 0 Å². The van der Waals surface area contributed by atoms with Crippen LogP contribution < -0.4 is 5.32 Å². The van der Waals surface area contributed by atoms with E-state index in [0.717, 1.165) is 32.8 Å². The maximum Gasteiger partial charge on any atom is 0.234 e. The number of hydrogen-bond donors (Lipinski definition) is 1. The van der Waals surface area contributed by atoms with Gasteiger partial charge in [-0.25, -0.2) is 0 Å². The standard InChI is InChI=1S/C20H16N2OS2/c1-14-10-17(25-13-21)8-9-19(14)22-20(23)12-24-18-7-6-15-4-2-3-5-16(15)11-18/h2-11H,12H2,1H3,(H,22,23). The van der Waals surface area contributed by atoms with Gasteiger partial charge < -0.3 is 5.32 Å². The monoisotopic (exact) mass is 364 g/mol. The minimum absolute atomic E-state index is 0.0399. The summed E-state index contributed by atoms with van der Waals surface area (Å²) < 4.78 is 0. The van der Waals surface area contributed by atoms with Gasteiger partial charge in [0, 0.05) is 15.5 Å². The number of rotatable bonds is 5. The summed E-state index contributed by atoms with van der Waals surface area (Å²) in [6.45, 7) is 1.92. The number of amides is 1. The molecule has 25 heavy (non-hydrogen) atoms. The first-order chi connectivity index (χ1) is 12.2. The third kappa shape index (κ3) is 4.56. The van der Waals surface area contributed by atoms with E-state index in [1.807, 2.05) is 48.7 Å². The highest BCUT2D eigenvalue weighted by molar-refractivity contribution is 8.03. The maximum absolute atomic E-state index is 12.2. The average molecular weight is 364 g/mol. The van der Waals surface area contributed by atoms with E-state index in [1.54, 1.807) is 0 Å². The molecule has 0 unspecified atom stereocenters. The topological polar surface area (TPSA) is 52.9 Å². The summed E-state index contributed by atoms with van der Waals surface area (Å²) in [5, 5.41) is 16.1. The molecule has 3 rings (SSSR count). The van der Waals surface area contributed by atoms with Gasteiger partial charge in [0.1, 0.15) is 5.40 Å². The van der Waals surface area contributed by atoms with Crippen LogP contribution in [0.2, 0.25) is 0 Å². The molecule has 0 aliphatic carbocycles. The third-order valence-electron chi connectivity index (χ3n) is 3.73. The van der Waals surface area contributed by atoms with Crippen molar-refractivity contribution in [1.82, 2.24) is 0 Å². The zero-order valence-corrected chi connectivity index (χ0v) is 15.3. The second kappa shape index (κ2) is 8.11. The lowest BCUT2D eigenvalue weighted by Gasteiger charge is -2.09. The van der Waals surface area contributed by atoms with Crippen molar-refractivity contribution in [3.8, 4) is 5.40 Å². The number of carbonyl (C=O) groups is 1. The van der Waals surface area contributed by atoms with E-state index in [0.29, 0.717) is 5.75 Å². The van der Waals surface area contributed by atoms with Crippen LogP contribution >= 0.6 is 23.5 Å². The van der Waals surface area contributed by atoms with Gasteiger partial charge in [-0.05, 0) is 65.4 Å². The van der Waals surface area contributed by atoms with E-state index in [-0.39, 0.29) is 5.91 Å². The third-order valence-corrected chi connectivity index (χ3v) is 5.30. The summed E-state index contributed by atoms with van der Waals surface area (Å²) in [7, 11) is 0. The molecule has 3 aromatic rings. The summed E-state index contributed by atoms with van der Waals surface area (Å²) in [6.07, 6.45) is 0. The van der Waals surface area contributed by atoms with Crippen molar-refractivity contribution in [2.45, 2.75) is 16.7 Å². The molecular formula is C20H16N2OS2. The van der Waals surface area contributed by atoms with Gasteiger partial charge >= 0.3 is 0 Å². The molecule has 0 aliphatic heterocycles. The van der Waals surface area contributed by atoms with Crippen LogP contribution in [0.1, 0.15) is 5.56 Å². The van der Waals surface area contributed by atoms with E-state index in [4.69, 9.17) is 5.26 Å². The largest absolute Gasteiger partial charge is 0.325 e. The Hall–Kier alpha value is -2.42. The highest BCUT2D eigenvalue weighted by atomic mass is 32.2. The zero-order chi connectivity index (χ0) is 17.6. The van der Waals surface area contributed by atoms with Crippen molar-refractivity contribution in [3.63, 3.8) is 0 Å². The molecule has 0 bridgehead atoms. The molecule has 0 radical (unpaired) electrons. The SMILES string of the molecule is Cc1cc(SC#N)ccc1NC(=O)CSc1ccc2ccccc2c1. The number of thioether (sulfide) groups is 2. The van der Waals surface area contributed by atoms with Gasteiger partial charge in [-0.2, -0.15) is 5.26 Å². The second-order valence-corrected chi connectivity index (χ2v) is 7.42. The van der Waals surface area contributed by atoms with Crippen LogP contribution in [0, 0.1) is 17.6 Å². The van der Waals surface area contributed by atoms with E-state index < -0.39 is 0 Å². The zero-order valence-electron chi connectivity index (χ0n) is 13.7. The lowest BCUT2D eigenvalue weighted by Crippen LogP contribution is -2.14. The van der Waals surface area contributed by atoms with E-state index in [9.17, 15) is 4.79 Å². The molecule has 1 amide bonds. The van der Waals surface area contributed by atoms with E-state index in [2.05, 4.69) is 29.6 Å². The molecule has 0 heterocycles. The molecule has 1 N–H and O–H groups in total. The number of nitrogens with one attached hydrogen (secondary N) is 1. The van der Waals surface area contributed by atoms with Crippen LogP contribution in [0.3, 0.4) is 0 Å². The van der Waals surface area contributed by atoms with Gasteiger partial charge in [-0.1, -0.05) is 30.3 Å². The summed E-state index contributed by atoms with van der Waals surface area (Å²) >= 11 is 2.63. The normalized spacial score (nSPS) is 10.4. The average Bonchev–Trinajstić information content (AvgIpc) is 2.62. The smallest absolute Gasteiger partial charge is 0.234 e. The van der Waals surface area contributed by atoms with Crippen LogP contribution in [0.5, 0.6) is 0 Å². The fourth-order valence-electron chi connectivity index (χ4n) is 2.48. The van der Waals surface area contributed by atoms with E-state index >= 15 is 0 Å². The van der Waals surface area contributed by atoms with Crippen LogP contribution in [-0.2, 0) is 4.79 Å². The Morgan fingerprint density at radius 2 is 1.80 bits per heavy atom. The number of anilines is 1. The Balaban J connectivity index is 1.61. The quantitative estimate of drug-likeness (QED) is 0.483. The predicted molar refractivity (Wildman–Crippen MR) is 106 cm³/mol. The molecule has 0 fully saturated rings. The van der Waals surface area contributed by atoms with Crippen LogP contribution in [0.15, 0.2) is 70.5 Å². The number of benzene rings is 3. The summed E-state index contributed by atoms with van der Waals surface area (Å²) in [5.41, 5.74) is 1.73. The molecule has 0 aliphatic rings. The van der Waals surface area contributed by atoms with Crippen molar-refractivity contribution in [1.29, 1.82) is 5.26 Å². The first-order valence-electron chi connectivity index (χ1n) is 7.74. The van der Waals surface area contributed by atoms with Crippen molar-refractivity contribution < 1.29 is 4.79 Å². The number of nitriles is 1. The van der Waals surface area contributed by atoms with Crippen LogP contribution in [0.4, 0.5) is 5.69 Å². The molecule has 0 saturated heterocycles. The van der Waals surface area contributed by atoms with Crippen LogP contribution in [0.25, 0.3) is 10.8 Å². The lowest BCUT2D eigenvalue weighted by atomic mass is 10.1. The van der Waals surface area contributed by atoms with Crippen molar-refractivity contribution >= 4 is 45.9 Å². The highest BCUT2D eigenvalue weighted by Gasteiger charge is 2.07. The van der Waals surface area contributed by atoms with Crippen molar-refractivity contribution in [3.05, 3.63) is 66.2 Å². The summed E-state index contributed by atoms with van der Waals surface area (Å²) in [6, 6.07) is 20.0. The molecule has 0 saturated carbocycles. The maximum atomic E-state index is 12.2. The number of carbonyl (C=O) groups excluding carboxylic acids is 1.